The summed E-state index contributed by atoms with van der Waals surface area (Å²) in [5, 5.41) is 1.87. The number of ether oxygens (including phenoxy) is 4. The minimum Gasteiger partial charge on any atom is -0.496 e. The molecule has 8 nitrogen and oxygen atoms in total. The van der Waals surface area contributed by atoms with Crippen LogP contribution in [0.15, 0.2) is 69.6 Å². The molecule has 0 spiro atoms. The molecular formula is C30H28N2O6S. The lowest BCUT2D eigenvalue weighted by Crippen LogP contribution is -2.39. The highest BCUT2D eigenvalue weighted by Crippen LogP contribution is 2.40. The van der Waals surface area contributed by atoms with Crippen molar-refractivity contribution in [2.75, 3.05) is 28.4 Å². The average molecular weight is 545 g/mol. The Labute approximate surface area is 229 Å². The van der Waals surface area contributed by atoms with Crippen LogP contribution in [0.3, 0.4) is 0 Å². The van der Waals surface area contributed by atoms with Crippen molar-refractivity contribution in [2.24, 2.45) is 4.99 Å². The lowest BCUT2D eigenvalue weighted by atomic mass is 9.89. The number of hydrogen-bond acceptors (Lipinski definition) is 8. The third-order valence-electron chi connectivity index (χ3n) is 6.81. The fourth-order valence-electron chi connectivity index (χ4n) is 5.12. The van der Waals surface area contributed by atoms with Crippen molar-refractivity contribution >= 4 is 34.0 Å². The zero-order chi connectivity index (χ0) is 27.8. The van der Waals surface area contributed by atoms with Crippen LogP contribution in [0.1, 0.15) is 31.0 Å². The van der Waals surface area contributed by atoms with Crippen molar-refractivity contribution in [1.29, 1.82) is 0 Å². The van der Waals surface area contributed by atoms with Gasteiger partial charge in [0.25, 0.3) is 5.56 Å². The van der Waals surface area contributed by atoms with Crippen LogP contribution in [0.5, 0.6) is 23.0 Å². The number of nitrogens with zero attached hydrogens (tertiary/aromatic N) is 2. The summed E-state index contributed by atoms with van der Waals surface area (Å²) in [6, 6.07) is 14.5. The number of benzene rings is 3. The van der Waals surface area contributed by atoms with E-state index in [4.69, 9.17) is 18.9 Å². The van der Waals surface area contributed by atoms with Crippen molar-refractivity contribution in [3.05, 3.63) is 90.6 Å². The summed E-state index contributed by atoms with van der Waals surface area (Å²) in [5.41, 5.74) is 2.20. The SMILES string of the molecule is COc1cc(/C=c2/sc3n(c2=O)[C@H](c2c(OC)ccc4ccccc24)C(C(C)=O)=C(C)N=3)cc(OC)c1OC. The van der Waals surface area contributed by atoms with E-state index in [0.717, 1.165) is 16.3 Å². The van der Waals surface area contributed by atoms with Crippen molar-refractivity contribution in [3.63, 3.8) is 0 Å². The first-order valence-corrected chi connectivity index (χ1v) is 13.0. The van der Waals surface area contributed by atoms with Crippen LogP contribution in [-0.2, 0) is 4.79 Å². The standard InChI is InChI=1S/C30H28N2O6S/c1-16-25(17(2)33)27(26-20-10-8-7-9-19(20)11-12-21(26)35-3)32-29(34)24(39-30(32)31-16)15-18-13-22(36-4)28(38-6)23(14-18)37-5/h7-15,27H,1-6H3/b24-15+/t27-/m0/s1. The number of thiazole rings is 1. The van der Waals surface area contributed by atoms with E-state index in [1.165, 1.54) is 25.4 Å². The van der Waals surface area contributed by atoms with Crippen LogP contribution >= 0.6 is 11.3 Å². The second kappa shape index (κ2) is 10.4. The molecule has 3 aromatic carbocycles. The number of rotatable bonds is 7. The molecule has 0 N–H and O–H groups in total. The predicted octanol–water partition coefficient (Wildman–Crippen LogP) is 4.01. The molecule has 4 aromatic rings. The maximum Gasteiger partial charge on any atom is 0.271 e. The first kappa shape index (κ1) is 26.2. The van der Waals surface area contributed by atoms with Crippen molar-refractivity contribution < 1.29 is 23.7 Å². The Morgan fingerprint density at radius 1 is 0.949 bits per heavy atom. The van der Waals surface area contributed by atoms with Crippen LogP contribution < -0.4 is 33.8 Å². The molecule has 0 amide bonds. The Morgan fingerprint density at radius 2 is 1.62 bits per heavy atom. The number of carbonyl (C=O) groups excluding carboxylic acids is 1. The Morgan fingerprint density at radius 3 is 2.23 bits per heavy atom. The Bertz CT molecular complexity index is 1810. The lowest BCUT2D eigenvalue weighted by Gasteiger charge is -2.27. The molecule has 0 radical (unpaired) electrons. The molecule has 1 aliphatic rings. The Kier molecular flexibility index (Phi) is 7.01. The largest absolute Gasteiger partial charge is 0.496 e. The predicted molar refractivity (Wildman–Crippen MR) is 151 cm³/mol. The van der Waals surface area contributed by atoms with Crippen molar-refractivity contribution in [2.45, 2.75) is 19.9 Å². The van der Waals surface area contributed by atoms with Gasteiger partial charge in [-0.05, 0) is 54.5 Å². The highest BCUT2D eigenvalue weighted by atomic mass is 32.1. The topological polar surface area (TPSA) is 88.4 Å². The third-order valence-corrected chi connectivity index (χ3v) is 7.79. The van der Waals surface area contributed by atoms with Gasteiger partial charge in [0.05, 0.1) is 39.0 Å². The van der Waals surface area contributed by atoms with Crippen molar-refractivity contribution in [3.8, 4) is 23.0 Å². The fraction of sp³-hybridized carbons (Fsp3) is 0.233. The van der Waals surface area contributed by atoms with Crippen LogP contribution in [0.4, 0.5) is 0 Å². The summed E-state index contributed by atoms with van der Waals surface area (Å²) >= 11 is 1.26. The van der Waals surface area contributed by atoms with E-state index < -0.39 is 6.04 Å². The summed E-state index contributed by atoms with van der Waals surface area (Å²) in [4.78, 5) is 32.3. The second-order valence-electron chi connectivity index (χ2n) is 9.00. The minimum atomic E-state index is -0.707. The van der Waals surface area contributed by atoms with Crippen LogP contribution in [0.2, 0.25) is 0 Å². The number of carbonyl (C=O) groups is 1. The first-order valence-electron chi connectivity index (χ1n) is 12.2. The summed E-state index contributed by atoms with van der Waals surface area (Å²) < 4.78 is 24.2. The zero-order valence-electron chi connectivity index (χ0n) is 22.5. The Hall–Kier alpha value is -4.37. The van der Waals surface area contributed by atoms with Gasteiger partial charge in [-0.1, -0.05) is 41.7 Å². The van der Waals surface area contributed by atoms with E-state index in [1.807, 2.05) is 36.4 Å². The number of ketones is 1. The number of hydrogen-bond donors (Lipinski definition) is 0. The van der Waals surface area contributed by atoms with E-state index in [1.54, 1.807) is 51.0 Å². The van der Waals surface area contributed by atoms with Gasteiger partial charge in [0.15, 0.2) is 22.1 Å². The molecule has 1 aromatic heterocycles. The van der Waals surface area contributed by atoms with Gasteiger partial charge in [0, 0.05) is 16.8 Å². The van der Waals surface area contributed by atoms with Gasteiger partial charge in [-0.25, -0.2) is 4.99 Å². The van der Waals surface area contributed by atoms with E-state index in [0.29, 0.717) is 49.2 Å². The van der Waals surface area contributed by atoms with Gasteiger partial charge >= 0.3 is 0 Å². The molecule has 39 heavy (non-hydrogen) atoms. The van der Waals surface area contributed by atoms with Gasteiger partial charge in [-0.3, -0.25) is 14.2 Å². The summed E-state index contributed by atoms with van der Waals surface area (Å²) in [5.74, 6) is 1.85. The maximum absolute atomic E-state index is 14.1. The molecular weight excluding hydrogens is 516 g/mol. The molecule has 0 saturated heterocycles. The van der Waals surface area contributed by atoms with E-state index >= 15 is 0 Å². The molecule has 0 fully saturated rings. The van der Waals surface area contributed by atoms with Gasteiger partial charge in [-0.2, -0.15) is 0 Å². The smallest absolute Gasteiger partial charge is 0.271 e. The summed E-state index contributed by atoms with van der Waals surface area (Å²) in [7, 11) is 6.21. The number of allylic oxidation sites excluding steroid dienone is 2. The second-order valence-corrected chi connectivity index (χ2v) is 10.0. The fourth-order valence-corrected chi connectivity index (χ4v) is 6.16. The van der Waals surface area contributed by atoms with Crippen LogP contribution in [0, 0.1) is 0 Å². The number of fused-ring (bicyclic) bond motifs is 2. The highest BCUT2D eigenvalue weighted by molar-refractivity contribution is 7.07. The highest BCUT2D eigenvalue weighted by Gasteiger charge is 2.33. The van der Waals surface area contributed by atoms with Crippen LogP contribution in [-0.4, -0.2) is 38.8 Å². The van der Waals surface area contributed by atoms with Gasteiger partial charge in [-0.15, -0.1) is 0 Å². The molecule has 0 saturated carbocycles. The molecule has 5 rings (SSSR count). The van der Waals surface area contributed by atoms with Gasteiger partial charge in [0.2, 0.25) is 5.75 Å². The van der Waals surface area contributed by atoms with E-state index in [-0.39, 0.29) is 11.3 Å². The zero-order valence-corrected chi connectivity index (χ0v) is 23.3. The average Bonchev–Trinajstić information content (AvgIpc) is 3.24. The quantitative estimate of drug-likeness (QED) is 0.349. The maximum atomic E-state index is 14.1. The summed E-state index contributed by atoms with van der Waals surface area (Å²) in [6.07, 6.45) is 1.76. The first-order chi connectivity index (χ1) is 18.8. The van der Waals surface area contributed by atoms with E-state index in [9.17, 15) is 9.59 Å². The number of Topliss-reactive ketones (excluding diaryl/α,β-unsaturated/α-hetero) is 1. The molecule has 1 atom stereocenters. The lowest BCUT2D eigenvalue weighted by molar-refractivity contribution is -0.114. The van der Waals surface area contributed by atoms with Crippen molar-refractivity contribution in [1.82, 2.24) is 4.57 Å². The monoisotopic (exact) mass is 544 g/mol. The molecule has 200 valence electrons. The van der Waals surface area contributed by atoms with E-state index in [2.05, 4.69) is 4.99 Å². The number of aromatic nitrogens is 1. The Balaban J connectivity index is 1.82. The van der Waals surface area contributed by atoms with Crippen LogP contribution in [0.25, 0.3) is 16.8 Å². The molecule has 0 unspecified atom stereocenters. The van der Waals surface area contributed by atoms with Gasteiger partial charge in [0.1, 0.15) is 5.75 Å². The normalized spacial score (nSPS) is 15.1. The summed E-state index contributed by atoms with van der Waals surface area (Å²) in [6.45, 7) is 3.31. The molecule has 9 heteroatoms. The number of methoxy groups -OCH3 is 4. The molecule has 2 heterocycles. The minimum absolute atomic E-state index is 0.157. The molecule has 0 bridgehead atoms. The molecule has 1 aliphatic heterocycles. The van der Waals surface area contributed by atoms with Gasteiger partial charge < -0.3 is 18.9 Å². The molecule has 0 aliphatic carbocycles. The third kappa shape index (κ3) is 4.38.